The molecule has 0 aliphatic carbocycles. The molecule has 7 heteroatoms. The Labute approximate surface area is 214 Å². The van der Waals surface area contributed by atoms with Crippen molar-refractivity contribution in [2.75, 3.05) is 14.2 Å². The summed E-state index contributed by atoms with van der Waals surface area (Å²) >= 11 is 6.25. The van der Waals surface area contributed by atoms with Crippen LogP contribution in [0.25, 0.3) is 22.0 Å². The molecule has 0 aliphatic rings. The zero-order valence-electron chi connectivity index (χ0n) is 20.6. The van der Waals surface area contributed by atoms with Crippen molar-refractivity contribution in [2.45, 2.75) is 5.54 Å². The van der Waals surface area contributed by atoms with E-state index in [1.165, 1.54) is 0 Å². The summed E-state index contributed by atoms with van der Waals surface area (Å²) in [6.07, 6.45) is 3.67. The molecule has 0 bridgehead atoms. The number of ether oxygens (including phenoxy) is 1. The Hall–Kier alpha value is -3.87. The third-order valence-electron chi connectivity index (χ3n) is 6.91. The first-order valence-electron chi connectivity index (χ1n) is 11.6. The van der Waals surface area contributed by atoms with E-state index in [0.717, 1.165) is 44.6 Å². The first-order valence-corrected chi connectivity index (χ1v) is 12.0. The van der Waals surface area contributed by atoms with Crippen molar-refractivity contribution in [3.63, 3.8) is 0 Å². The summed E-state index contributed by atoms with van der Waals surface area (Å²) < 4.78 is 9.14. The highest BCUT2D eigenvalue weighted by atomic mass is 35.5. The van der Waals surface area contributed by atoms with Crippen LogP contribution in [0.4, 0.5) is 0 Å². The van der Waals surface area contributed by atoms with Crippen LogP contribution < -0.4 is 15.6 Å². The van der Waals surface area contributed by atoms with Crippen molar-refractivity contribution in [3.05, 3.63) is 118 Å². The number of pyridine rings is 1. The number of methoxy groups -OCH3 is 1. The van der Waals surface area contributed by atoms with Gasteiger partial charge in [0.25, 0.3) is 5.56 Å². The number of halogens is 1. The van der Waals surface area contributed by atoms with Crippen LogP contribution in [0.5, 0.6) is 5.75 Å². The van der Waals surface area contributed by atoms with Gasteiger partial charge in [-0.25, -0.2) is 4.98 Å². The van der Waals surface area contributed by atoms with Gasteiger partial charge in [0.2, 0.25) is 0 Å². The van der Waals surface area contributed by atoms with Crippen molar-refractivity contribution in [3.8, 4) is 16.9 Å². The van der Waals surface area contributed by atoms with E-state index in [-0.39, 0.29) is 5.56 Å². The lowest BCUT2D eigenvalue weighted by molar-refractivity contribution is 0.415. The number of nitrogens with zero attached hydrogens (tertiary/aromatic N) is 3. The molecule has 36 heavy (non-hydrogen) atoms. The van der Waals surface area contributed by atoms with E-state index in [4.69, 9.17) is 16.3 Å². The zero-order valence-corrected chi connectivity index (χ0v) is 21.4. The number of rotatable bonds is 6. The summed E-state index contributed by atoms with van der Waals surface area (Å²) in [5.41, 5.74) is 4.81. The highest BCUT2D eigenvalue weighted by Crippen LogP contribution is 2.39. The van der Waals surface area contributed by atoms with E-state index >= 15 is 0 Å². The number of hydrogen-bond donors (Lipinski definition) is 1. The normalized spacial score (nSPS) is 13.0. The third kappa shape index (κ3) is 3.79. The van der Waals surface area contributed by atoms with Crippen LogP contribution >= 0.6 is 11.6 Å². The second-order valence-corrected chi connectivity index (χ2v) is 9.25. The Morgan fingerprint density at radius 1 is 0.972 bits per heavy atom. The maximum atomic E-state index is 12.9. The zero-order chi connectivity index (χ0) is 25.4. The lowest BCUT2D eigenvalue weighted by atomic mass is 9.79. The Balaban J connectivity index is 1.85. The van der Waals surface area contributed by atoms with Gasteiger partial charge in [0.15, 0.2) is 0 Å². The van der Waals surface area contributed by atoms with Gasteiger partial charge in [0.1, 0.15) is 11.3 Å². The van der Waals surface area contributed by atoms with Crippen molar-refractivity contribution < 1.29 is 4.74 Å². The van der Waals surface area contributed by atoms with Crippen LogP contribution in [-0.4, -0.2) is 28.3 Å². The third-order valence-corrected chi connectivity index (χ3v) is 7.17. The maximum absolute atomic E-state index is 12.9. The van der Waals surface area contributed by atoms with Crippen molar-refractivity contribution >= 4 is 22.5 Å². The van der Waals surface area contributed by atoms with E-state index in [9.17, 15) is 4.79 Å². The quantitative estimate of drug-likeness (QED) is 0.353. The minimum Gasteiger partial charge on any atom is -0.497 e. The van der Waals surface area contributed by atoms with Crippen LogP contribution in [0.1, 0.15) is 16.8 Å². The first-order chi connectivity index (χ1) is 17.4. The van der Waals surface area contributed by atoms with Crippen LogP contribution in [0.2, 0.25) is 5.02 Å². The second-order valence-electron chi connectivity index (χ2n) is 8.82. The van der Waals surface area contributed by atoms with Crippen molar-refractivity contribution in [2.24, 2.45) is 14.1 Å². The van der Waals surface area contributed by atoms with Crippen LogP contribution in [0.15, 0.2) is 90.1 Å². The molecule has 3 aromatic carbocycles. The van der Waals surface area contributed by atoms with Crippen molar-refractivity contribution in [1.29, 1.82) is 0 Å². The first kappa shape index (κ1) is 23.9. The molecule has 5 rings (SSSR count). The van der Waals surface area contributed by atoms with E-state index in [1.54, 1.807) is 31.1 Å². The largest absolute Gasteiger partial charge is 0.497 e. The van der Waals surface area contributed by atoms with E-state index in [2.05, 4.69) is 22.4 Å². The molecule has 1 atom stereocenters. The average Bonchev–Trinajstić information content (AvgIpc) is 3.34. The monoisotopic (exact) mass is 498 g/mol. The summed E-state index contributed by atoms with van der Waals surface area (Å²) in [6, 6.07) is 23.5. The number of benzene rings is 3. The highest BCUT2D eigenvalue weighted by molar-refractivity contribution is 6.30. The number of aryl methyl sites for hydroxylation is 2. The number of hydrogen-bond acceptors (Lipinski definition) is 4. The molecular weight excluding hydrogens is 472 g/mol. The fourth-order valence-corrected chi connectivity index (χ4v) is 5.15. The Kier molecular flexibility index (Phi) is 6.16. The molecule has 182 valence electrons. The number of nitrogens with one attached hydrogen (secondary N) is 1. The van der Waals surface area contributed by atoms with E-state index in [1.807, 2.05) is 79.5 Å². The van der Waals surface area contributed by atoms with Crippen LogP contribution in [0.3, 0.4) is 0 Å². The van der Waals surface area contributed by atoms with Gasteiger partial charge >= 0.3 is 0 Å². The predicted molar refractivity (Wildman–Crippen MR) is 145 cm³/mol. The summed E-state index contributed by atoms with van der Waals surface area (Å²) in [5.74, 6) is 0.734. The molecule has 0 spiro atoms. The van der Waals surface area contributed by atoms with Crippen LogP contribution in [0, 0.1) is 0 Å². The summed E-state index contributed by atoms with van der Waals surface area (Å²) in [7, 11) is 7.36. The molecule has 6 nitrogen and oxygen atoms in total. The molecule has 0 fully saturated rings. The molecule has 0 unspecified atom stereocenters. The molecule has 0 amide bonds. The van der Waals surface area contributed by atoms with Crippen LogP contribution in [-0.2, 0) is 19.6 Å². The molecule has 2 aromatic heterocycles. The van der Waals surface area contributed by atoms with Gasteiger partial charge in [-0.15, -0.1) is 0 Å². The second kappa shape index (κ2) is 9.30. The molecule has 1 N–H and O–H groups in total. The molecule has 0 saturated carbocycles. The van der Waals surface area contributed by atoms with E-state index in [0.29, 0.717) is 5.02 Å². The lowest BCUT2D eigenvalue weighted by Crippen LogP contribution is -2.43. The maximum Gasteiger partial charge on any atom is 0.251 e. The smallest absolute Gasteiger partial charge is 0.251 e. The van der Waals surface area contributed by atoms with Gasteiger partial charge in [-0.2, -0.15) is 0 Å². The topological polar surface area (TPSA) is 61.1 Å². The molecule has 0 saturated heterocycles. The molecule has 5 aromatic rings. The Bertz CT molecular complexity index is 1620. The van der Waals surface area contributed by atoms with Crippen molar-refractivity contribution in [1.82, 2.24) is 19.4 Å². The standard InChI is InChI=1S/C29H27ClN4O2/c1-31-29(27-17-32-18-33(27)2,20-8-11-22(30)12-9-20)21-10-13-26-25(15-21)24(16-28(35)34(26)3)19-6-5-7-23(14-19)36-4/h5-18,31H,1-4H3/t29-/m1/s1. The van der Waals surface area contributed by atoms with Gasteiger partial charge in [-0.1, -0.05) is 41.9 Å². The minimum atomic E-state index is -0.718. The number of fused-ring (bicyclic) bond motifs is 1. The molecule has 0 aliphatic heterocycles. The lowest BCUT2D eigenvalue weighted by Gasteiger charge is -2.35. The molecular formula is C29H27ClN4O2. The summed E-state index contributed by atoms with van der Waals surface area (Å²) in [6.45, 7) is 0. The minimum absolute atomic E-state index is 0.0720. The number of imidazole rings is 1. The molecule has 0 radical (unpaired) electrons. The van der Waals surface area contributed by atoms with E-state index < -0.39 is 5.54 Å². The SMILES string of the molecule is CN[C@](c1ccc(Cl)cc1)(c1ccc2c(c1)c(-c1cccc(OC)c1)cc(=O)n2C)c1cncn1C. The van der Waals surface area contributed by atoms with Gasteiger partial charge in [-0.3, -0.25) is 4.79 Å². The average molecular weight is 499 g/mol. The number of aromatic nitrogens is 3. The fraction of sp³-hybridized carbons (Fsp3) is 0.172. The van der Waals surface area contributed by atoms with Gasteiger partial charge in [-0.05, 0) is 65.7 Å². The fourth-order valence-electron chi connectivity index (χ4n) is 5.02. The summed E-state index contributed by atoms with van der Waals surface area (Å²) in [5, 5.41) is 5.21. The predicted octanol–water partition coefficient (Wildman–Crippen LogP) is 5.11. The Morgan fingerprint density at radius 2 is 1.72 bits per heavy atom. The Morgan fingerprint density at radius 3 is 2.39 bits per heavy atom. The molecule has 2 heterocycles. The summed E-state index contributed by atoms with van der Waals surface area (Å²) in [4.78, 5) is 17.3. The van der Waals surface area contributed by atoms with Gasteiger partial charge in [0.05, 0.1) is 30.8 Å². The van der Waals surface area contributed by atoms with Gasteiger partial charge in [0, 0.05) is 30.6 Å². The van der Waals surface area contributed by atoms with Gasteiger partial charge < -0.3 is 19.2 Å². The highest BCUT2D eigenvalue weighted by Gasteiger charge is 2.37.